The third-order valence-corrected chi connectivity index (χ3v) is 8.48. The van der Waals surface area contributed by atoms with Gasteiger partial charge in [-0.25, -0.2) is 9.80 Å². The van der Waals surface area contributed by atoms with Gasteiger partial charge < -0.3 is 0 Å². The number of carbonyl (C=O) groups excluding carboxylic acids is 4. The average Bonchev–Trinajstić information content (AvgIpc) is 3.03. The molecule has 0 saturated heterocycles. The number of benzene rings is 5. The monoisotopic (exact) mass is 544 g/mol. The lowest BCUT2D eigenvalue weighted by Crippen LogP contribution is -2.40. The molecule has 0 spiro atoms. The molecule has 9 rings (SSSR count). The molecular formula is C34H16N4O4. The molecule has 0 unspecified atom stereocenters. The van der Waals surface area contributed by atoms with E-state index in [1.807, 2.05) is 24.3 Å². The Balaban J connectivity index is 1.35. The van der Waals surface area contributed by atoms with Crippen LogP contribution in [0.5, 0.6) is 0 Å². The van der Waals surface area contributed by atoms with Crippen LogP contribution in [-0.2, 0) is 0 Å². The first-order valence-electron chi connectivity index (χ1n) is 13.3. The summed E-state index contributed by atoms with van der Waals surface area (Å²) in [6.07, 6.45) is 6.19. The van der Waals surface area contributed by atoms with Gasteiger partial charge in [-0.1, -0.05) is 24.3 Å². The zero-order chi connectivity index (χ0) is 28.3. The van der Waals surface area contributed by atoms with Crippen LogP contribution in [0.2, 0.25) is 0 Å². The molecule has 4 heterocycles. The van der Waals surface area contributed by atoms with E-state index < -0.39 is 23.6 Å². The summed E-state index contributed by atoms with van der Waals surface area (Å²) >= 11 is 0. The van der Waals surface area contributed by atoms with E-state index in [1.165, 1.54) is 9.80 Å². The summed E-state index contributed by atoms with van der Waals surface area (Å²) in [4.78, 5) is 65.3. The summed E-state index contributed by atoms with van der Waals surface area (Å²) in [5.74, 6) is -1.59. The fourth-order valence-electron chi connectivity index (χ4n) is 6.72. The first-order chi connectivity index (χ1) is 20.5. The second-order valence-electron chi connectivity index (χ2n) is 10.4. The lowest BCUT2D eigenvalue weighted by atomic mass is 9.82. The molecule has 8 heteroatoms. The Bertz CT molecular complexity index is 2100. The molecule has 0 atom stereocenters. The van der Waals surface area contributed by atoms with Gasteiger partial charge in [-0.3, -0.25) is 29.1 Å². The SMILES string of the molecule is O=C1c2ccc3c4ccc5c6c(ccc(c7ccc(c2c37)C(=O)N1c1ccncc1)c64)C(=O)N(c1ccncc1)C5=O. The molecule has 0 bridgehead atoms. The number of hydrogen-bond donors (Lipinski definition) is 0. The van der Waals surface area contributed by atoms with E-state index in [-0.39, 0.29) is 0 Å². The third kappa shape index (κ3) is 2.66. The van der Waals surface area contributed by atoms with Crippen LogP contribution in [0.1, 0.15) is 41.4 Å². The first-order valence-corrected chi connectivity index (χ1v) is 13.3. The van der Waals surface area contributed by atoms with Crippen molar-refractivity contribution in [3.63, 3.8) is 0 Å². The molecule has 0 radical (unpaired) electrons. The highest BCUT2D eigenvalue weighted by Crippen LogP contribution is 2.46. The quantitative estimate of drug-likeness (QED) is 0.148. The normalized spacial score (nSPS) is 14.8. The van der Waals surface area contributed by atoms with Gasteiger partial charge in [0.1, 0.15) is 0 Å². The Morgan fingerprint density at radius 3 is 0.929 bits per heavy atom. The van der Waals surface area contributed by atoms with Gasteiger partial charge in [-0.05, 0) is 80.8 Å². The summed E-state index contributed by atoms with van der Waals surface area (Å²) in [6, 6.07) is 21.2. The highest BCUT2D eigenvalue weighted by molar-refractivity contribution is 6.45. The topological polar surface area (TPSA) is 101 Å². The number of aromatic nitrogens is 2. The summed E-state index contributed by atoms with van der Waals surface area (Å²) in [5.41, 5.74) is 2.67. The standard InChI is InChI=1S/C34H16N4O4/c39-31-23-5-1-19-20-2-6-25-30-26(34(42)38(33(25)41)18-11-15-36-16-12-18)8-4-22(28(20)30)21-3-7-24(29(23)27(19)21)32(40)37(31)17-9-13-35-14-10-17/h1-16H. The Labute approximate surface area is 236 Å². The zero-order valence-corrected chi connectivity index (χ0v) is 21.7. The molecular weight excluding hydrogens is 528 g/mol. The summed E-state index contributed by atoms with van der Waals surface area (Å²) in [5, 5.41) is 6.22. The van der Waals surface area contributed by atoms with Crippen LogP contribution in [0.15, 0.2) is 97.6 Å². The van der Waals surface area contributed by atoms with Gasteiger partial charge in [0.05, 0.1) is 11.4 Å². The predicted octanol–water partition coefficient (Wildman–Crippen LogP) is 6.13. The highest BCUT2D eigenvalue weighted by Gasteiger charge is 2.37. The number of anilines is 2. The molecule has 0 N–H and O–H groups in total. The fourth-order valence-corrected chi connectivity index (χ4v) is 6.72. The Morgan fingerprint density at radius 2 is 0.643 bits per heavy atom. The van der Waals surface area contributed by atoms with E-state index in [0.717, 1.165) is 32.3 Å². The molecule has 0 fully saturated rings. The van der Waals surface area contributed by atoms with E-state index in [2.05, 4.69) is 9.97 Å². The van der Waals surface area contributed by atoms with Crippen molar-refractivity contribution in [2.45, 2.75) is 0 Å². The van der Waals surface area contributed by atoms with Crippen molar-refractivity contribution in [2.75, 3.05) is 9.80 Å². The second kappa shape index (κ2) is 7.80. The number of nitrogens with zero attached hydrogens (tertiary/aromatic N) is 4. The van der Waals surface area contributed by atoms with Gasteiger partial charge in [-0.2, -0.15) is 0 Å². The van der Waals surface area contributed by atoms with Crippen LogP contribution in [-0.4, -0.2) is 33.6 Å². The van der Waals surface area contributed by atoms with E-state index in [0.29, 0.717) is 44.4 Å². The van der Waals surface area contributed by atoms with Crippen molar-refractivity contribution in [1.82, 2.24) is 9.97 Å². The number of fused-ring (bicyclic) bond motifs is 2. The maximum absolute atomic E-state index is 13.7. The maximum Gasteiger partial charge on any atom is 0.265 e. The molecule has 2 aromatic heterocycles. The Hall–Kier alpha value is -6.02. The second-order valence-corrected chi connectivity index (χ2v) is 10.4. The molecule has 5 aromatic carbocycles. The minimum Gasteiger partial charge on any atom is -0.268 e. The lowest BCUT2D eigenvalue weighted by Gasteiger charge is -2.30. The molecule has 0 aliphatic carbocycles. The molecule has 42 heavy (non-hydrogen) atoms. The highest BCUT2D eigenvalue weighted by atomic mass is 16.2. The smallest absolute Gasteiger partial charge is 0.265 e. The number of imide groups is 2. The van der Waals surface area contributed by atoms with Crippen LogP contribution in [0.4, 0.5) is 11.4 Å². The molecule has 8 nitrogen and oxygen atoms in total. The van der Waals surface area contributed by atoms with E-state index in [1.54, 1.807) is 73.3 Å². The number of amides is 4. The Kier molecular flexibility index (Phi) is 4.22. The minimum absolute atomic E-state index is 0.397. The molecule has 2 aliphatic heterocycles. The van der Waals surface area contributed by atoms with Gasteiger partial charge in [0, 0.05) is 57.8 Å². The average molecular weight is 545 g/mol. The van der Waals surface area contributed by atoms with Crippen LogP contribution >= 0.6 is 0 Å². The van der Waals surface area contributed by atoms with Crippen LogP contribution in [0.3, 0.4) is 0 Å². The fraction of sp³-hybridized carbons (Fsp3) is 0. The van der Waals surface area contributed by atoms with Crippen LogP contribution < -0.4 is 9.80 Å². The van der Waals surface area contributed by atoms with Crippen LogP contribution in [0, 0.1) is 0 Å². The minimum atomic E-state index is -0.397. The zero-order valence-electron chi connectivity index (χ0n) is 21.7. The summed E-state index contributed by atoms with van der Waals surface area (Å²) in [6.45, 7) is 0. The van der Waals surface area contributed by atoms with Crippen molar-refractivity contribution < 1.29 is 19.2 Å². The van der Waals surface area contributed by atoms with Gasteiger partial charge in [0.2, 0.25) is 0 Å². The molecule has 2 aliphatic rings. The van der Waals surface area contributed by atoms with Crippen molar-refractivity contribution in [1.29, 1.82) is 0 Å². The van der Waals surface area contributed by atoms with E-state index in [4.69, 9.17) is 0 Å². The van der Waals surface area contributed by atoms with E-state index in [9.17, 15) is 19.2 Å². The first kappa shape index (κ1) is 22.8. The predicted molar refractivity (Wildman–Crippen MR) is 158 cm³/mol. The van der Waals surface area contributed by atoms with Gasteiger partial charge >= 0.3 is 0 Å². The molecule has 4 amide bonds. The number of pyridine rings is 2. The van der Waals surface area contributed by atoms with Crippen LogP contribution in [0.25, 0.3) is 43.1 Å². The largest absolute Gasteiger partial charge is 0.268 e. The van der Waals surface area contributed by atoms with Gasteiger partial charge in [0.15, 0.2) is 0 Å². The summed E-state index contributed by atoms with van der Waals surface area (Å²) < 4.78 is 0. The third-order valence-electron chi connectivity index (χ3n) is 8.48. The summed E-state index contributed by atoms with van der Waals surface area (Å²) in [7, 11) is 0. The van der Waals surface area contributed by atoms with E-state index >= 15 is 0 Å². The van der Waals surface area contributed by atoms with Crippen molar-refractivity contribution >= 4 is 78.1 Å². The van der Waals surface area contributed by atoms with Gasteiger partial charge in [-0.15, -0.1) is 0 Å². The Morgan fingerprint density at radius 1 is 0.357 bits per heavy atom. The van der Waals surface area contributed by atoms with Crippen molar-refractivity contribution in [3.8, 4) is 0 Å². The van der Waals surface area contributed by atoms with Crippen molar-refractivity contribution in [3.05, 3.63) is 120 Å². The number of carbonyl (C=O) groups is 4. The maximum atomic E-state index is 13.7. The molecule has 196 valence electrons. The molecule has 7 aromatic rings. The number of rotatable bonds is 2. The lowest BCUT2D eigenvalue weighted by molar-refractivity contribution is 0.0877. The van der Waals surface area contributed by atoms with Crippen molar-refractivity contribution in [2.24, 2.45) is 0 Å². The number of hydrogen-bond acceptors (Lipinski definition) is 6. The molecule has 0 saturated carbocycles. The van der Waals surface area contributed by atoms with Gasteiger partial charge in [0.25, 0.3) is 23.6 Å².